The van der Waals surface area contributed by atoms with E-state index in [1.54, 1.807) is 13.8 Å². The first-order valence-electron chi connectivity index (χ1n) is 8.37. The number of nitrogens with zero attached hydrogens (tertiary/aromatic N) is 1. The average Bonchev–Trinajstić information content (AvgIpc) is 2.64. The number of amides is 1. The fourth-order valence-electron chi connectivity index (χ4n) is 2.42. The van der Waals surface area contributed by atoms with Gasteiger partial charge in [-0.1, -0.05) is 25.4 Å². The van der Waals surface area contributed by atoms with Crippen LogP contribution >= 0.6 is 11.6 Å². The van der Waals surface area contributed by atoms with Crippen LogP contribution in [0.25, 0.3) is 0 Å². The minimum Gasteiger partial charge on any atom is -0.376 e. The van der Waals surface area contributed by atoms with Crippen molar-refractivity contribution in [2.24, 2.45) is 0 Å². The van der Waals surface area contributed by atoms with Crippen LogP contribution < -0.4 is 10.6 Å². The largest absolute Gasteiger partial charge is 0.376 e. The Morgan fingerprint density at radius 2 is 1.67 bits per heavy atom. The molecule has 1 amide bonds. The van der Waals surface area contributed by atoms with Crippen LogP contribution in [0.5, 0.6) is 0 Å². The molecule has 0 unspecified atom stereocenters. The van der Waals surface area contributed by atoms with E-state index in [-0.39, 0.29) is 22.4 Å². The monoisotopic (exact) mass is 413 g/mol. The summed E-state index contributed by atoms with van der Waals surface area (Å²) in [6, 6.07) is 10.0. The predicted molar refractivity (Wildman–Crippen MR) is 105 cm³/mol. The van der Waals surface area contributed by atoms with Crippen molar-refractivity contribution in [2.75, 3.05) is 30.3 Å². The molecule has 0 spiro atoms. The van der Waals surface area contributed by atoms with E-state index in [1.165, 1.54) is 46.8 Å². The van der Waals surface area contributed by atoms with Crippen LogP contribution in [0.2, 0.25) is 5.02 Å². The van der Waals surface area contributed by atoms with E-state index in [0.29, 0.717) is 24.5 Å². The molecule has 0 saturated heterocycles. The Kier molecular flexibility index (Phi) is 7.18. The van der Waals surface area contributed by atoms with E-state index in [1.807, 2.05) is 0 Å². The predicted octanol–water partition coefficient (Wildman–Crippen LogP) is 3.56. The van der Waals surface area contributed by atoms with Crippen molar-refractivity contribution in [3.63, 3.8) is 0 Å². The van der Waals surface area contributed by atoms with Crippen molar-refractivity contribution in [3.05, 3.63) is 53.3 Å². The fraction of sp³-hybridized carbons (Fsp3) is 0.278. The molecule has 0 aliphatic carbocycles. The summed E-state index contributed by atoms with van der Waals surface area (Å²) < 4.78 is 39.3. The number of nitrogens with one attached hydrogen (secondary N) is 2. The Morgan fingerprint density at radius 3 is 2.22 bits per heavy atom. The van der Waals surface area contributed by atoms with Gasteiger partial charge in [-0.25, -0.2) is 12.8 Å². The summed E-state index contributed by atoms with van der Waals surface area (Å²) >= 11 is 5.69. The van der Waals surface area contributed by atoms with Gasteiger partial charge in [0.1, 0.15) is 5.82 Å². The number of halogens is 2. The first kappa shape index (κ1) is 21.1. The Balaban J connectivity index is 1.97. The van der Waals surface area contributed by atoms with Crippen LogP contribution in [0.1, 0.15) is 13.8 Å². The minimum atomic E-state index is -3.54. The van der Waals surface area contributed by atoms with E-state index >= 15 is 0 Å². The zero-order valence-corrected chi connectivity index (χ0v) is 16.6. The lowest BCUT2D eigenvalue weighted by molar-refractivity contribution is -0.114. The highest BCUT2D eigenvalue weighted by Gasteiger charge is 2.21. The lowest BCUT2D eigenvalue weighted by Gasteiger charge is -2.18. The first-order chi connectivity index (χ1) is 12.8. The normalized spacial score (nSPS) is 11.4. The van der Waals surface area contributed by atoms with Gasteiger partial charge in [0.15, 0.2) is 0 Å². The van der Waals surface area contributed by atoms with Crippen LogP contribution in [0, 0.1) is 5.82 Å². The number of hydrogen-bond acceptors (Lipinski definition) is 4. The second kappa shape index (κ2) is 9.16. The van der Waals surface area contributed by atoms with Gasteiger partial charge in [-0.3, -0.25) is 4.79 Å². The Hall–Kier alpha value is -2.16. The Labute approximate surface area is 163 Å². The maximum atomic E-state index is 13.1. The Bertz CT molecular complexity index is 901. The van der Waals surface area contributed by atoms with E-state index in [0.717, 1.165) is 0 Å². The fourth-order valence-corrected chi connectivity index (χ4v) is 4.05. The molecule has 0 heterocycles. The molecule has 0 aliphatic rings. The average molecular weight is 414 g/mol. The molecule has 2 aromatic rings. The van der Waals surface area contributed by atoms with Gasteiger partial charge in [0, 0.05) is 24.5 Å². The van der Waals surface area contributed by atoms with Gasteiger partial charge in [-0.15, -0.1) is 0 Å². The summed E-state index contributed by atoms with van der Waals surface area (Å²) in [5.41, 5.74) is 0.981. The van der Waals surface area contributed by atoms with Gasteiger partial charge in [-0.05, 0) is 42.5 Å². The quantitative estimate of drug-likeness (QED) is 0.693. The minimum absolute atomic E-state index is 0.0367. The molecule has 0 aromatic heterocycles. The van der Waals surface area contributed by atoms with Crippen molar-refractivity contribution in [3.8, 4) is 0 Å². The zero-order chi connectivity index (χ0) is 20.0. The number of carbonyl (C=O) groups excluding carboxylic acids is 1. The number of sulfonamides is 1. The topological polar surface area (TPSA) is 78.5 Å². The third kappa shape index (κ3) is 5.41. The number of carbonyl (C=O) groups is 1. The number of anilines is 2. The summed E-state index contributed by atoms with van der Waals surface area (Å²) in [5.74, 6) is -0.874. The molecule has 0 atom stereocenters. The van der Waals surface area contributed by atoms with Crippen molar-refractivity contribution < 1.29 is 17.6 Å². The molecule has 0 fully saturated rings. The van der Waals surface area contributed by atoms with Crippen LogP contribution in [0.15, 0.2) is 47.4 Å². The summed E-state index contributed by atoms with van der Waals surface area (Å²) in [4.78, 5) is 12.2. The van der Waals surface area contributed by atoms with Gasteiger partial charge in [-0.2, -0.15) is 4.31 Å². The number of benzene rings is 2. The summed E-state index contributed by atoms with van der Waals surface area (Å²) in [6.07, 6.45) is 0. The van der Waals surface area contributed by atoms with E-state index < -0.39 is 15.8 Å². The van der Waals surface area contributed by atoms with Crippen molar-refractivity contribution in [1.82, 2.24) is 4.31 Å². The van der Waals surface area contributed by atoms with Crippen molar-refractivity contribution in [1.29, 1.82) is 0 Å². The second-order valence-corrected chi connectivity index (χ2v) is 7.99. The second-order valence-electron chi connectivity index (χ2n) is 5.64. The van der Waals surface area contributed by atoms with Crippen LogP contribution in [-0.4, -0.2) is 38.3 Å². The molecular weight excluding hydrogens is 393 g/mol. The molecule has 2 N–H and O–H groups in total. The van der Waals surface area contributed by atoms with Crippen molar-refractivity contribution >= 4 is 38.9 Å². The van der Waals surface area contributed by atoms with Crippen LogP contribution in [-0.2, 0) is 14.8 Å². The highest BCUT2D eigenvalue weighted by atomic mass is 35.5. The van der Waals surface area contributed by atoms with Crippen LogP contribution in [0.4, 0.5) is 15.8 Å². The summed E-state index contributed by atoms with van der Waals surface area (Å²) in [6.45, 7) is 4.27. The molecule has 0 radical (unpaired) electrons. The van der Waals surface area contributed by atoms with E-state index in [4.69, 9.17) is 11.6 Å². The molecule has 146 valence electrons. The van der Waals surface area contributed by atoms with Crippen LogP contribution in [0.3, 0.4) is 0 Å². The molecule has 2 aromatic carbocycles. The zero-order valence-electron chi connectivity index (χ0n) is 15.0. The molecule has 0 aliphatic heterocycles. The highest BCUT2D eigenvalue weighted by Crippen LogP contribution is 2.20. The van der Waals surface area contributed by atoms with Gasteiger partial charge in [0.25, 0.3) is 0 Å². The van der Waals surface area contributed by atoms with E-state index in [2.05, 4.69) is 10.6 Å². The maximum absolute atomic E-state index is 13.1. The van der Waals surface area contributed by atoms with Crippen molar-refractivity contribution in [2.45, 2.75) is 18.7 Å². The smallest absolute Gasteiger partial charge is 0.243 e. The molecule has 6 nitrogen and oxygen atoms in total. The number of hydrogen-bond donors (Lipinski definition) is 2. The molecule has 27 heavy (non-hydrogen) atoms. The molecule has 0 bridgehead atoms. The lowest BCUT2D eigenvalue weighted by Crippen LogP contribution is -2.30. The maximum Gasteiger partial charge on any atom is 0.243 e. The molecular formula is C18H21ClFN3O3S. The standard InChI is InChI=1S/C18H21ClFN3O3S/c1-3-23(4-2)27(25,26)15-8-5-13(6-9-15)22-18(24)12-21-14-7-10-17(20)16(19)11-14/h5-11,21H,3-4,12H2,1-2H3,(H,22,24). The third-order valence-electron chi connectivity index (χ3n) is 3.85. The third-order valence-corrected chi connectivity index (χ3v) is 6.21. The first-order valence-corrected chi connectivity index (χ1v) is 10.2. The lowest BCUT2D eigenvalue weighted by atomic mass is 10.3. The molecule has 9 heteroatoms. The molecule has 2 rings (SSSR count). The SMILES string of the molecule is CCN(CC)S(=O)(=O)c1ccc(NC(=O)CNc2ccc(F)c(Cl)c2)cc1. The molecule has 0 saturated carbocycles. The van der Waals surface area contributed by atoms with Gasteiger partial charge in [0.05, 0.1) is 16.5 Å². The summed E-state index contributed by atoms with van der Waals surface area (Å²) in [7, 11) is -3.54. The van der Waals surface area contributed by atoms with Gasteiger partial charge >= 0.3 is 0 Å². The highest BCUT2D eigenvalue weighted by molar-refractivity contribution is 7.89. The van der Waals surface area contributed by atoms with Gasteiger partial charge in [0.2, 0.25) is 15.9 Å². The summed E-state index contributed by atoms with van der Waals surface area (Å²) in [5, 5.41) is 5.45. The Morgan fingerprint density at radius 1 is 1.07 bits per heavy atom. The van der Waals surface area contributed by atoms with Gasteiger partial charge < -0.3 is 10.6 Å². The number of rotatable bonds is 8. The van der Waals surface area contributed by atoms with E-state index in [9.17, 15) is 17.6 Å².